The van der Waals surface area contributed by atoms with Gasteiger partial charge in [-0.05, 0) is 44.0 Å². The quantitative estimate of drug-likeness (QED) is 0.848. The lowest BCUT2D eigenvalue weighted by Crippen LogP contribution is -2.40. The molecule has 0 saturated carbocycles. The van der Waals surface area contributed by atoms with Gasteiger partial charge in [-0.2, -0.15) is 0 Å². The third kappa shape index (κ3) is 3.92. The van der Waals surface area contributed by atoms with Crippen molar-refractivity contribution in [2.45, 2.75) is 39.0 Å². The molecule has 27 heavy (non-hydrogen) atoms. The van der Waals surface area contributed by atoms with Gasteiger partial charge in [-0.25, -0.2) is 13.6 Å². The number of carbonyl (C=O) groups excluding carboxylic acids is 2. The van der Waals surface area contributed by atoms with E-state index in [0.29, 0.717) is 5.56 Å². The van der Waals surface area contributed by atoms with Gasteiger partial charge < -0.3 is 10.1 Å². The second-order valence-corrected chi connectivity index (χ2v) is 7.30. The predicted molar refractivity (Wildman–Crippen MR) is 95.9 cm³/mol. The van der Waals surface area contributed by atoms with Crippen LogP contribution in [0.4, 0.5) is 19.3 Å². The average Bonchev–Trinajstić information content (AvgIpc) is 2.96. The van der Waals surface area contributed by atoms with Crippen molar-refractivity contribution in [3.63, 3.8) is 0 Å². The number of fused-ring (bicyclic) bond motifs is 1. The SMILES string of the molecule is CC(C)(C)OC(=O)N1Cc2ccccc2[C@H]1C(=O)Nc1c(F)cccc1F. The molecule has 1 N–H and O–H groups in total. The summed E-state index contributed by atoms with van der Waals surface area (Å²) in [6, 6.07) is 9.29. The highest BCUT2D eigenvalue weighted by atomic mass is 19.1. The van der Waals surface area contributed by atoms with Crippen molar-refractivity contribution >= 4 is 17.7 Å². The van der Waals surface area contributed by atoms with Gasteiger partial charge >= 0.3 is 6.09 Å². The molecule has 0 fully saturated rings. The molecular weight excluding hydrogens is 354 g/mol. The zero-order valence-electron chi connectivity index (χ0n) is 15.3. The number of benzene rings is 2. The first-order valence-electron chi connectivity index (χ1n) is 8.49. The van der Waals surface area contributed by atoms with E-state index in [1.54, 1.807) is 45.0 Å². The fourth-order valence-corrected chi connectivity index (χ4v) is 2.97. The molecule has 2 aromatic carbocycles. The fourth-order valence-electron chi connectivity index (χ4n) is 2.97. The number of para-hydroxylation sites is 1. The molecule has 2 amide bonds. The molecule has 0 spiro atoms. The van der Waals surface area contributed by atoms with Crippen LogP contribution < -0.4 is 5.32 Å². The van der Waals surface area contributed by atoms with Crippen molar-refractivity contribution in [3.05, 3.63) is 65.2 Å². The summed E-state index contributed by atoms with van der Waals surface area (Å²) < 4.78 is 33.2. The Balaban J connectivity index is 1.93. The molecule has 0 unspecified atom stereocenters. The Labute approximate surface area is 155 Å². The summed E-state index contributed by atoms with van der Waals surface area (Å²) in [5, 5.41) is 2.27. The molecule has 0 radical (unpaired) electrons. The topological polar surface area (TPSA) is 58.6 Å². The van der Waals surface area contributed by atoms with Crippen molar-refractivity contribution in [3.8, 4) is 0 Å². The summed E-state index contributed by atoms with van der Waals surface area (Å²) in [5.41, 5.74) is 0.0796. The predicted octanol–water partition coefficient (Wildman–Crippen LogP) is 4.40. The Morgan fingerprint density at radius 2 is 1.70 bits per heavy atom. The number of halogens is 2. The number of hydrogen-bond acceptors (Lipinski definition) is 3. The number of rotatable bonds is 2. The summed E-state index contributed by atoms with van der Waals surface area (Å²) >= 11 is 0. The molecule has 0 aromatic heterocycles. The van der Waals surface area contributed by atoms with Crippen LogP contribution in [0.5, 0.6) is 0 Å². The van der Waals surface area contributed by atoms with Crippen molar-refractivity contribution in [1.29, 1.82) is 0 Å². The van der Waals surface area contributed by atoms with E-state index in [4.69, 9.17) is 4.74 Å². The number of amides is 2. The second-order valence-electron chi connectivity index (χ2n) is 7.30. The molecule has 1 atom stereocenters. The van der Waals surface area contributed by atoms with E-state index in [1.807, 2.05) is 0 Å². The minimum absolute atomic E-state index is 0.170. The van der Waals surface area contributed by atoms with Crippen LogP contribution in [0.3, 0.4) is 0 Å². The number of nitrogens with one attached hydrogen (secondary N) is 1. The van der Waals surface area contributed by atoms with E-state index in [2.05, 4.69) is 5.32 Å². The zero-order valence-corrected chi connectivity index (χ0v) is 15.3. The Morgan fingerprint density at radius 3 is 2.33 bits per heavy atom. The number of carbonyl (C=O) groups is 2. The molecule has 0 aliphatic carbocycles. The van der Waals surface area contributed by atoms with Gasteiger partial charge in [-0.15, -0.1) is 0 Å². The Hall–Kier alpha value is -2.96. The lowest BCUT2D eigenvalue weighted by molar-refractivity contribution is -0.121. The van der Waals surface area contributed by atoms with Crippen LogP contribution in [-0.4, -0.2) is 22.5 Å². The van der Waals surface area contributed by atoms with Gasteiger partial charge in [0.2, 0.25) is 0 Å². The first-order chi connectivity index (χ1) is 12.7. The Bertz CT molecular complexity index is 873. The van der Waals surface area contributed by atoms with E-state index < -0.39 is 41.0 Å². The third-order valence-corrected chi connectivity index (χ3v) is 4.09. The zero-order chi connectivity index (χ0) is 19.8. The van der Waals surface area contributed by atoms with Crippen LogP contribution in [0.15, 0.2) is 42.5 Å². The molecule has 0 bridgehead atoms. The molecule has 5 nitrogen and oxygen atoms in total. The molecule has 1 aliphatic heterocycles. The number of anilines is 1. The van der Waals surface area contributed by atoms with Crippen molar-refractivity contribution in [2.24, 2.45) is 0 Å². The second kappa shape index (κ2) is 6.98. The number of ether oxygens (including phenoxy) is 1. The molecule has 7 heteroatoms. The van der Waals surface area contributed by atoms with E-state index in [0.717, 1.165) is 17.7 Å². The largest absolute Gasteiger partial charge is 0.444 e. The van der Waals surface area contributed by atoms with Gasteiger partial charge in [0.25, 0.3) is 5.91 Å². The summed E-state index contributed by atoms with van der Waals surface area (Å²) in [5.74, 6) is -2.49. The smallest absolute Gasteiger partial charge is 0.411 e. The van der Waals surface area contributed by atoms with Crippen LogP contribution in [-0.2, 0) is 16.1 Å². The molecule has 1 heterocycles. The van der Waals surface area contributed by atoms with Crippen LogP contribution in [0.1, 0.15) is 37.9 Å². The van der Waals surface area contributed by atoms with Crippen molar-refractivity contribution < 1.29 is 23.1 Å². The lowest BCUT2D eigenvalue weighted by Gasteiger charge is -2.28. The first kappa shape index (κ1) is 18.8. The van der Waals surface area contributed by atoms with Gasteiger partial charge in [-0.3, -0.25) is 9.69 Å². The maximum atomic E-state index is 13.9. The minimum atomic E-state index is -1.05. The van der Waals surface area contributed by atoms with Crippen LogP contribution in [0.2, 0.25) is 0 Å². The summed E-state index contributed by atoms with van der Waals surface area (Å²) in [4.78, 5) is 26.7. The average molecular weight is 374 g/mol. The van der Waals surface area contributed by atoms with E-state index in [1.165, 1.54) is 11.0 Å². The van der Waals surface area contributed by atoms with E-state index in [9.17, 15) is 18.4 Å². The van der Waals surface area contributed by atoms with Crippen molar-refractivity contribution in [2.75, 3.05) is 5.32 Å². The fraction of sp³-hybridized carbons (Fsp3) is 0.300. The Morgan fingerprint density at radius 1 is 1.07 bits per heavy atom. The summed E-state index contributed by atoms with van der Waals surface area (Å²) in [7, 11) is 0. The summed E-state index contributed by atoms with van der Waals surface area (Å²) in [6.45, 7) is 5.33. The normalized spacial score (nSPS) is 16.0. The van der Waals surface area contributed by atoms with Crippen LogP contribution >= 0.6 is 0 Å². The first-order valence-corrected chi connectivity index (χ1v) is 8.49. The monoisotopic (exact) mass is 374 g/mol. The van der Waals surface area contributed by atoms with E-state index >= 15 is 0 Å². The summed E-state index contributed by atoms with van der Waals surface area (Å²) in [6.07, 6.45) is -0.673. The maximum Gasteiger partial charge on any atom is 0.411 e. The molecule has 1 aliphatic rings. The molecule has 142 valence electrons. The standard InChI is InChI=1S/C20H20F2N2O3/c1-20(2,3)27-19(26)24-11-12-7-4-5-8-13(12)17(24)18(25)23-16-14(21)9-6-10-15(16)22/h4-10,17H,11H2,1-3H3,(H,23,25)/t17-/m0/s1. The minimum Gasteiger partial charge on any atom is -0.444 e. The molecule has 3 rings (SSSR count). The van der Waals surface area contributed by atoms with Crippen molar-refractivity contribution in [1.82, 2.24) is 4.90 Å². The highest BCUT2D eigenvalue weighted by Crippen LogP contribution is 2.36. The van der Waals surface area contributed by atoms with Gasteiger partial charge in [0, 0.05) is 0 Å². The lowest BCUT2D eigenvalue weighted by atomic mass is 10.0. The third-order valence-electron chi connectivity index (χ3n) is 4.09. The Kier molecular flexibility index (Phi) is 4.87. The maximum absolute atomic E-state index is 13.9. The number of hydrogen-bond donors (Lipinski definition) is 1. The highest BCUT2D eigenvalue weighted by molar-refractivity contribution is 5.98. The highest BCUT2D eigenvalue weighted by Gasteiger charge is 2.40. The van der Waals surface area contributed by atoms with Crippen LogP contribution in [0.25, 0.3) is 0 Å². The van der Waals surface area contributed by atoms with E-state index in [-0.39, 0.29) is 6.54 Å². The van der Waals surface area contributed by atoms with Gasteiger partial charge in [0.15, 0.2) is 0 Å². The van der Waals surface area contributed by atoms with Crippen LogP contribution in [0, 0.1) is 11.6 Å². The van der Waals surface area contributed by atoms with Gasteiger partial charge in [-0.1, -0.05) is 30.3 Å². The molecule has 2 aromatic rings. The van der Waals surface area contributed by atoms with Gasteiger partial charge in [0.05, 0.1) is 6.54 Å². The van der Waals surface area contributed by atoms with Gasteiger partial charge in [0.1, 0.15) is 29.0 Å². The molecule has 0 saturated heterocycles. The number of nitrogens with zero attached hydrogens (tertiary/aromatic N) is 1. The molecular formula is C20H20F2N2O3.